The van der Waals surface area contributed by atoms with Crippen LogP contribution in [0.2, 0.25) is 10.0 Å². The van der Waals surface area contributed by atoms with Gasteiger partial charge in [-0.05, 0) is 43.4 Å². The smallest absolute Gasteiger partial charge is 0.255 e. The standard InChI is InChI=1S/C19H23Cl2N3O/c1-4-5-16-17(19(25)22-12-6-7-12)18(11(2)3)24(23-16)13-8-9-14(20)15(21)10-13/h8-12H,4-7H2,1-3H3,(H,22,25). The van der Waals surface area contributed by atoms with Crippen molar-refractivity contribution in [2.45, 2.75) is 58.4 Å². The normalized spacial score (nSPS) is 14.2. The number of halogens is 2. The highest BCUT2D eigenvalue weighted by Gasteiger charge is 2.30. The minimum atomic E-state index is -0.0130. The van der Waals surface area contributed by atoms with Crippen LogP contribution in [0.1, 0.15) is 67.7 Å². The predicted molar refractivity (Wildman–Crippen MR) is 102 cm³/mol. The molecule has 0 atom stereocenters. The van der Waals surface area contributed by atoms with Crippen LogP contribution in [-0.4, -0.2) is 21.7 Å². The third kappa shape index (κ3) is 3.85. The van der Waals surface area contributed by atoms with E-state index in [2.05, 4.69) is 26.1 Å². The van der Waals surface area contributed by atoms with Crippen LogP contribution in [0.15, 0.2) is 18.2 Å². The molecule has 4 nitrogen and oxygen atoms in total. The summed E-state index contributed by atoms with van der Waals surface area (Å²) >= 11 is 12.2. The molecule has 134 valence electrons. The average Bonchev–Trinajstić information content (AvgIpc) is 3.28. The summed E-state index contributed by atoms with van der Waals surface area (Å²) in [6.45, 7) is 6.25. The number of hydrogen-bond acceptors (Lipinski definition) is 2. The lowest BCUT2D eigenvalue weighted by Crippen LogP contribution is -2.27. The van der Waals surface area contributed by atoms with Gasteiger partial charge in [0.2, 0.25) is 0 Å². The number of benzene rings is 1. The second-order valence-corrected chi connectivity index (χ2v) is 7.68. The van der Waals surface area contributed by atoms with Crippen LogP contribution in [-0.2, 0) is 6.42 Å². The van der Waals surface area contributed by atoms with Gasteiger partial charge in [0.15, 0.2) is 0 Å². The SMILES string of the molecule is CCCc1nn(-c2ccc(Cl)c(Cl)c2)c(C(C)C)c1C(=O)NC1CC1. The van der Waals surface area contributed by atoms with Crippen molar-refractivity contribution < 1.29 is 4.79 Å². The molecule has 0 unspecified atom stereocenters. The van der Waals surface area contributed by atoms with Crippen molar-refractivity contribution in [3.05, 3.63) is 45.2 Å². The summed E-state index contributed by atoms with van der Waals surface area (Å²) in [5.74, 6) is 0.133. The number of hydrogen-bond donors (Lipinski definition) is 1. The zero-order chi connectivity index (χ0) is 18.1. The molecule has 1 N–H and O–H groups in total. The van der Waals surface area contributed by atoms with Gasteiger partial charge in [-0.1, -0.05) is 50.4 Å². The van der Waals surface area contributed by atoms with Gasteiger partial charge in [-0.2, -0.15) is 5.10 Å². The summed E-state index contributed by atoms with van der Waals surface area (Å²) in [4.78, 5) is 12.9. The molecule has 1 aliphatic rings. The third-order valence-corrected chi connectivity index (χ3v) is 5.05. The summed E-state index contributed by atoms with van der Waals surface area (Å²) < 4.78 is 1.85. The van der Waals surface area contributed by atoms with Crippen molar-refractivity contribution in [2.24, 2.45) is 0 Å². The molecule has 1 aliphatic carbocycles. The van der Waals surface area contributed by atoms with E-state index in [1.807, 2.05) is 10.7 Å². The molecule has 25 heavy (non-hydrogen) atoms. The molecule has 1 heterocycles. The lowest BCUT2D eigenvalue weighted by Gasteiger charge is -2.13. The summed E-state index contributed by atoms with van der Waals surface area (Å²) in [6.07, 6.45) is 3.82. The van der Waals surface area contributed by atoms with Gasteiger partial charge >= 0.3 is 0 Å². The van der Waals surface area contributed by atoms with E-state index in [0.29, 0.717) is 16.1 Å². The molecule has 0 spiro atoms. The Bertz CT molecular complexity index is 794. The Morgan fingerprint density at radius 1 is 1.32 bits per heavy atom. The molecule has 1 aromatic carbocycles. The first kappa shape index (κ1) is 18.3. The number of amides is 1. The van der Waals surface area contributed by atoms with Gasteiger partial charge in [0.05, 0.1) is 32.7 Å². The third-order valence-electron chi connectivity index (χ3n) is 4.31. The molecule has 0 bridgehead atoms. The van der Waals surface area contributed by atoms with Gasteiger partial charge in [-0.3, -0.25) is 4.79 Å². The van der Waals surface area contributed by atoms with E-state index in [1.54, 1.807) is 12.1 Å². The van der Waals surface area contributed by atoms with Crippen LogP contribution in [0.3, 0.4) is 0 Å². The molecule has 0 saturated heterocycles. The topological polar surface area (TPSA) is 46.9 Å². The minimum Gasteiger partial charge on any atom is -0.349 e. The van der Waals surface area contributed by atoms with Crippen molar-refractivity contribution in [3.8, 4) is 5.69 Å². The summed E-state index contributed by atoms with van der Waals surface area (Å²) in [6, 6.07) is 5.75. The van der Waals surface area contributed by atoms with Crippen LogP contribution in [0.5, 0.6) is 0 Å². The second-order valence-electron chi connectivity index (χ2n) is 6.87. The molecule has 0 aliphatic heterocycles. The van der Waals surface area contributed by atoms with Gasteiger partial charge in [-0.25, -0.2) is 4.68 Å². The van der Waals surface area contributed by atoms with Crippen LogP contribution < -0.4 is 5.32 Å². The molecule has 1 aromatic heterocycles. The van der Waals surface area contributed by atoms with E-state index < -0.39 is 0 Å². The lowest BCUT2D eigenvalue weighted by atomic mass is 10.0. The van der Waals surface area contributed by atoms with Gasteiger partial charge in [-0.15, -0.1) is 0 Å². The van der Waals surface area contributed by atoms with Crippen LogP contribution in [0.25, 0.3) is 5.69 Å². The Morgan fingerprint density at radius 3 is 2.60 bits per heavy atom. The minimum absolute atomic E-state index is 0.0130. The van der Waals surface area contributed by atoms with E-state index in [9.17, 15) is 4.79 Å². The van der Waals surface area contributed by atoms with E-state index in [-0.39, 0.29) is 11.8 Å². The number of carbonyl (C=O) groups excluding carboxylic acids is 1. The molecule has 0 radical (unpaired) electrons. The average molecular weight is 380 g/mol. The Hall–Kier alpha value is -1.52. The highest BCUT2D eigenvalue weighted by atomic mass is 35.5. The van der Waals surface area contributed by atoms with Crippen LogP contribution in [0.4, 0.5) is 0 Å². The van der Waals surface area contributed by atoms with Gasteiger partial charge in [0.25, 0.3) is 5.91 Å². The first-order chi connectivity index (χ1) is 11.9. The number of nitrogens with zero attached hydrogens (tertiary/aromatic N) is 2. The lowest BCUT2D eigenvalue weighted by molar-refractivity contribution is 0.0948. The number of carbonyl (C=O) groups is 1. The molecule has 6 heteroatoms. The van der Waals surface area contributed by atoms with E-state index in [4.69, 9.17) is 28.3 Å². The number of aryl methyl sites for hydroxylation is 1. The van der Waals surface area contributed by atoms with Crippen LogP contribution >= 0.6 is 23.2 Å². The summed E-state index contributed by atoms with van der Waals surface area (Å²) in [7, 11) is 0. The Labute approximate surface area is 158 Å². The zero-order valence-electron chi connectivity index (χ0n) is 14.8. The van der Waals surface area contributed by atoms with Gasteiger partial charge < -0.3 is 5.32 Å². The summed E-state index contributed by atoms with van der Waals surface area (Å²) in [5, 5.41) is 8.86. The first-order valence-corrected chi connectivity index (χ1v) is 9.56. The molecular formula is C19H23Cl2N3O. The van der Waals surface area contributed by atoms with E-state index >= 15 is 0 Å². The maximum absolute atomic E-state index is 12.9. The molecule has 2 aromatic rings. The van der Waals surface area contributed by atoms with Gasteiger partial charge in [0, 0.05) is 6.04 Å². The molecule has 1 fully saturated rings. The molecule has 1 saturated carbocycles. The maximum atomic E-state index is 12.9. The van der Waals surface area contributed by atoms with Crippen LogP contribution in [0, 0.1) is 0 Å². The monoisotopic (exact) mass is 379 g/mol. The highest BCUT2D eigenvalue weighted by molar-refractivity contribution is 6.42. The van der Waals surface area contributed by atoms with Crippen molar-refractivity contribution in [1.29, 1.82) is 0 Å². The zero-order valence-corrected chi connectivity index (χ0v) is 16.3. The van der Waals surface area contributed by atoms with Crippen molar-refractivity contribution in [3.63, 3.8) is 0 Å². The molecule has 1 amide bonds. The number of nitrogens with one attached hydrogen (secondary N) is 1. The molecular weight excluding hydrogens is 357 g/mol. The maximum Gasteiger partial charge on any atom is 0.255 e. The van der Waals surface area contributed by atoms with Crippen molar-refractivity contribution in [2.75, 3.05) is 0 Å². The van der Waals surface area contributed by atoms with Gasteiger partial charge in [0.1, 0.15) is 0 Å². The fraction of sp³-hybridized carbons (Fsp3) is 0.474. The fourth-order valence-electron chi connectivity index (χ4n) is 2.97. The number of aromatic nitrogens is 2. The van der Waals surface area contributed by atoms with E-state index in [1.165, 1.54) is 0 Å². The largest absolute Gasteiger partial charge is 0.349 e. The molecule has 3 rings (SSSR count). The van der Waals surface area contributed by atoms with E-state index in [0.717, 1.165) is 48.3 Å². The first-order valence-electron chi connectivity index (χ1n) is 8.80. The Balaban J connectivity index is 2.13. The highest BCUT2D eigenvalue weighted by Crippen LogP contribution is 2.31. The second kappa shape index (κ2) is 7.38. The van der Waals surface area contributed by atoms with Crippen molar-refractivity contribution >= 4 is 29.1 Å². The Kier molecular flexibility index (Phi) is 5.40. The quantitative estimate of drug-likeness (QED) is 0.754. The number of rotatable bonds is 6. The summed E-state index contributed by atoms with van der Waals surface area (Å²) in [5.41, 5.74) is 3.30. The fourth-order valence-corrected chi connectivity index (χ4v) is 3.26. The Morgan fingerprint density at radius 2 is 2.04 bits per heavy atom. The van der Waals surface area contributed by atoms with Crippen molar-refractivity contribution in [1.82, 2.24) is 15.1 Å². The predicted octanol–water partition coefficient (Wildman–Crippen LogP) is 5.15.